The fraction of sp³-hybridized carbons (Fsp3) is 0.743. The molecule has 0 unspecified atom stereocenters. The molecule has 7 heteroatoms. The Bertz CT molecular complexity index is 1270. The molecule has 0 radical (unpaired) electrons. The summed E-state index contributed by atoms with van der Waals surface area (Å²) in [6.45, 7) is 22.3. The third kappa shape index (κ3) is 5.63. The average Bonchev–Trinajstić information content (AvgIpc) is 2.86. The number of rotatable bonds is 6. The Morgan fingerprint density at radius 2 is 1.67 bits per heavy atom. The Morgan fingerprint density at radius 3 is 2.19 bits per heavy atom. The number of fused-ring (bicyclic) bond motifs is 1. The Kier molecular flexibility index (Phi) is 8.89. The number of nitriles is 1. The second-order valence-corrected chi connectivity index (χ2v) is 16.0. The molecule has 0 saturated heterocycles. The third-order valence-corrected chi connectivity index (χ3v) is 12.0. The van der Waals surface area contributed by atoms with Crippen molar-refractivity contribution in [2.24, 2.45) is 44.3 Å². The van der Waals surface area contributed by atoms with Crippen molar-refractivity contribution in [1.82, 2.24) is 10.9 Å². The minimum atomic E-state index is -0.730. The van der Waals surface area contributed by atoms with Gasteiger partial charge in [-0.1, -0.05) is 74.0 Å². The van der Waals surface area contributed by atoms with Gasteiger partial charge in [-0.2, -0.15) is 5.26 Å². The van der Waals surface area contributed by atoms with E-state index in [2.05, 4.69) is 65.4 Å². The molecule has 0 spiro atoms. The number of hydrogen-bond donors (Lipinski definition) is 2. The van der Waals surface area contributed by atoms with Crippen LogP contribution < -0.4 is 10.9 Å². The molecule has 2 fully saturated rings. The SMILES string of the molecule is CC(=O)/C=C1/[C@@]2(C)C=C(C#N)C(=O)C(C)(C)[C@@H]2CC[C@@]1(C)C(C)(C)CC[C@@]1(C(=O)NNC(C)=O)CCC(C)(C)C[C@@H]1C. The molecule has 0 bridgehead atoms. The van der Waals surface area contributed by atoms with Crippen LogP contribution in [0.25, 0.3) is 0 Å². The number of hydrogen-bond acceptors (Lipinski definition) is 5. The molecule has 2 saturated carbocycles. The van der Waals surface area contributed by atoms with Crippen molar-refractivity contribution in [2.45, 2.75) is 121 Å². The summed E-state index contributed by atoms with van der Waals surface area (Å²) in [7, 11) is 0. The Hall–Kier alpha value is -2.75. The molecular formula is C35H53N3O4. The van der Waals surface area contributed by atoms with Crippen LogP contribution in [0.3, 0.4) is 0 Å². The fourth-order valence-electron chi connectivity index (χ4n) is 8.95. The second-order valence-electron chi connectivity index (χ2n) is 16.0. The van der Waals surface area contributed by atoms with E-state index in [1.165, 1.54) is 6.92 Å². The normalized spacial score (nSPS) is 35.0. The highest BCUT2D eigenvalue weighted by Gasteiger charge is 2.61. The summed E-state index contributed by atoms with van der Waals surface area (Å²) in [4.78, 5) is 51.5. The number of ketones is 2. The van der Waals surface area contributed by atoms with Gasteiger partial charge in [-0.05, 0) is 86.0 Å². The van der Waals surface area contributed by atoms with Crippen LogP contribution in [-0.4, -0.2) is 23.4 Å². The first-order valence-corrected chi connectivity index (χ1v) is 15.6. The maximum absolute atomic E-state index is 13.8. The predicted molar refractivity (Wildman–Crippen MR) is 164 cm³/mol. The highest BCUT2D eigenvalue weighted by atomic mass is 16.2. The van der Waals surface area contributed by atoms with Crippen LogP contribution in [-0.2, 0) is 19.2 Å². The number of hydrazine groups is 1. The number of carbonyl (C=O) groups excluding carboxylic acids is 4. The van der Waals surface area contributed by atoms with E-state index >= 15 is 0 Å². The van der Waals surface area contributed by atoms with Crippen LogP contribution in [0.1, 0.15) is 121 Å². The Labute approximate surface area is 253 Å². The van der Waals surface area contributed by atoms with E-state index in [0.29, 0.717) is 6.42 Å². The van der Waals surface area contributed by atoms with Crippen molar-refractivity contribution < 1.29 is 19.2 Å². The summed E-state index contributed by atoms with van der Waals surface area (Å²) in [6.07, 6.45) is 9.12. The number of nitrogens with zero attached hydrogens (tertiary/aromatic N) is 1. The summed E-state index contributed by atoms with van der Waals surface area (Å²) in [5.74, 6) is -0.544. The van der Waals surface area contributed by atoms with Gasteiger partial charge in [0.1, 0.15) is 6.07 Å². The van der Waals surface area contributed by atoms with Gasteiger partial charge < -0.3 is 0 Å². The molecule has 0 heterocycles. The van der Waals surface area contributed by atoms with Gasteiger partial charge in [-0.15, -0.1) is 0 Å². The van der Waals surface area contributed by atoms with Gasteiger partial charge in [-0.25, -0.2) is 0 Å². The standard InChI is InChI=1S/C35H53N3O4/c1-22-19-30(4,5)14-16-35(22,29(42)38-37-24(3)40)17-15-31(6,7)34(11)13-12-26-32(8,9)28(41)25(21-36)20-33(26,10)27(34)18-23(2)39/h18,20,22,26H,12-17,19H2,1-11H3,(H,37,40)(H,38,42)/b27-18-/t22-,26-,33-,34+,35-/m0/s1. The quantitative estimate of drug-likeness (QED) is 0.265. The smallest absolute Gasteiger partial charge is 0.244 e. The molecule has 2 amide bonds. The predicted octanol–water partition coefficient (Wildman–Crippen LogP) is 6.79. The lowest BCUT2D eigenvalue weighted by molar-refractivity contribution is -0.143. The van der Waals surface area contributed by atoms with Gasteiger partial charge in [0.25, 0.3) is 0 Å². The van der Waals surface area contributed by atoms with Crippen LogP contribution in [0.4, 0.5) is 0 Å². The van der Waals surface area contributed by atoms with Gasteiger partial charge in [0.05, 0.1) is 11.0 Å². The first-order chi connectivity index (χ1) is 19.1. The Balaban J connectivity index is 2.07. The molecule has 0 aromatic carbocycles. The van der Waals surface area contributed by atoms with Crippen LogP contribution >= 0.6 is 0 Å². The first-order valence-electron chi connectivity index (χ1n) is 15.6. The average molecular weight is 580 g/mol. The molecule has 3 aliphatic carbocycles. The lowest BCUT2D eigenvalue weighted by Gasteiger charge is -2.61. The van der Waals surface area contributed by atoms with Crippen LogP contribution in [0.2, 0.25) is 0 Å². The van der Waals surface area contributed by atoms with Crippen molar-refractivity contribution in [3.63, 3.8) is 0 Å². The molecule has 232 valence electrons. The van der Waals surface area contributed by atoms with Crippen molar-refractivity contribution in [2.75, 3.05) is 0 Å². The van der Waals surface area contributed by atoms with E-state index in [4.69, 9.17) is 0 Å². The monoisotopic (exact) mass is 579 g/mol. The number of nitrogens with one attached hydrogen (secondary N) is 2. The second kappa shape index (κ2) is 11.1. The molecule has 0 aromatic rings. The van der Waals surface area contributed by atoms with Crippen molar-refractivity contribution >= 4 is 23.4 Å². The number of allylic oxidation sites excluding steroid dienone is 4. The maximum Gasteiger partial charge on any atom is 0.244 e. The van der Waals surface area contributed by atoms with Crippen molar-refractivity contribution in [1.29, 1.82) is 5.26 Å². The molecule has 0 aromatic heterocycles. The number of carbonyl (C=O) groups is 4. The molecule has 0 aliphatic heterocycles. The van der Waals surface area contributed by atoms with Gasteiger partial charge >= 0.3 is 0 Å². The third-order valence-electron chi connectivity index (χ3n) is 12.0. The van der Waals surface area contributed by atoms with E-state index < -0.39 is 21.7 Å². The fourth-order valence-corrected chi connectivity index (χ4v) is 8.95. The topological polar surface area (TPSA) is 116 Å². The summed E-state index contributed by atoms with van der Waals surface area (Å²) in [5, 5.41) is 9.92. The minimum absolute atomic E-state index is 0.0422. The zero-order chi connectivity index (χ0) is 32.1. The first kappa shape index (κ1) is 33.7. The van der Waals surface area contributed by atoms with Crippen LogP contribution in [0.15, 0.2) is 23.3 Å². The summed E-state index contributed by atoms with van der Waals surface area (Å²) < 4.78 is 0. The summed E-state index contributed by atoms with van der Waals surface area (Å²) >= 11 is 0. The van der Waals surface area contributed by atoms with E-state index in [1.807, 2.05) is 19.9 Å². The molecule has 2 N–H and O–H groups in total. The van der Waals surface area contributed by atoms with Crippen molar-refractivity contribution in [3.8, 4) is 6.07 Å². The zero-order valence-corrected chi connectivity index (χ0v) is 27.8. The van der Waals surface area contributed by atoms with Gasteiger partial charge in [0.15, 0.2) is 11.6 Å². The van der Waals surface area contributed by atoms with E-state index in [1.54, 1.807) is 13.0 Å². The van der Waals surface area contributed by atoms with Crippen LogP contribution in [0.5, 0.6) is 0 Å². The van der Waals surface area contributed by atoms with Crippen molar-refractivity contribution in [3.05, 3.63) is 23.3 Å². The van der Waals surface area contributed by atoms with Gasteiger partial charge in [0.2, 0.25) is 11.8 Å². The van der Waals surface area contributed by atoms with Gasteiger partial charge in [0, 0.05) is 17.8 Å². The molecule has 5 atom stereocenters. The largest absolute Gasteiger partial charge is 0.295 e. The lowest BCUT2D eigenvalue weighted by Crippen LogP contribution is -2.56. The molecule has 3 aliphatic rings. The lowest BCUT2D eigenvalue weighted by atomic mass is 9.42. The highest BCUT2D eigenvalue weighted by Crippen LogP contribution is 2.67. The summed E-state index contributed by atoms with van der Waals surface area (Å²) in [6, 6.07) is 2.15. The maximum atomic E-state index is 13.8. The summed E-state index contributed by atoms with van der Waals surface area (Å²) in [5.41, 5.74) is 3.76. The Morgan fingerprint density at radius 1 is 1.05 bits per heavy atom. The van der Waals surface area contributed by atoms with Gasteiger partial charge in [-0.3, -0.25) is 30.0 Å². The molecular weight excluding hydrogens is 526 g/mol. The molecule has 7 nitrogen and oxygen atoms in total. The molecule has 42 heavy (non-hydrogen) atoms. The van der Waals surface area contributed by atoms with E-state index in [-0.39, 0.29) is 51.6 Å². The zero-order valence-electron chi connectivity index (χ0n) is 27.8. The highest BCUT2D eigenvalue weighted by molar-refractivity contribution is 6.04. The number of Topliss-reactive ketones (excluding diaryl/α,β-unsaturated/α-hetero) is 1. The van der Waals surface area contributed by atoms with Crippen LogP contribution in [0, 0.1) is 55.7 Å². The number of amides is 2. The minimum Gasteiger partial charge on any atom is -0.295 e. The van der Waals surface area contributed by atoms with E-state index in [0.717, 1.165) is 44.1 Å². The molecule has 3 rings (SSSR count). The van der Waals surface area contributed by atoms with E-state index in [9.17, 15) is 24.4 Å².